The van der Waals surface area contributed by atoms with E-state index in [1.165, 1.54) is 5.57 Å². The van der Waals surface area contributed by atoms with Crippen molar-refractivity contribution in [1.29, 1.82) is 0 Å². The van der Waals surface area contributed by atoms with Crippen LogP contribution in [0.4, 0.5) is 0 Å². The summed E-state index contributed by atoms with van der Waals surface area (Å²) in [6.07, 6.45) is 6.00. The first-order chi connectivity index (χ1) is 6.06. The van der Waals surface area contributed by atoms with E-state index in [4.69, 9.17) is 0 Å². The van der Waals surface area contributed by atoms with Gasteiger partial charge in [0.1, 0.15) is 0 Å². The van der Waals surface area contributed by atoms with Crippen molar-refractivity contribution in [3.63, 3.8) is 0 Å². The normalized spacial score (nSPS) is 11.3. The molecule has 1 nitrogen and oxygen atoms in total. The first-order valence-corrected chi connectivity index (χ1v) is 4.77. The molecule has 0 saturated heterocycles. The molecular weight excluding hydrogens is 158 g/mol. The molecule has 0 heterocycles. The fourth-order valence-corrected chi connectivity index (χ4v) is 0.778. The number of hydrogen-bond acceptors (Lipinski definition) is 1. The molecule has 0 aromatic carbocycles. The van der Waals surface area contributed by atoms with E-state index in [1.54, 1.807) is 0 Å². The van der Waals surface area contributed by atoms with E-state index in [9.17, 15) is 0 Å². The summed E-state index contributed by atoms with van der Waals surface area (Å²) in [7, 11) is 0. The number of rotatable bonds is 5. The molecule has 0 radical (unpaired) electrons. The Hall–Kier alpha value is -0.980. The highest BCUT2D eigenvalue weighted by Crippen LogP contribution is 1.97. The second-order valence-corrected chi connectivity index (χ2v) is 3.84. The van der Waals surface area contributed by atoms with E-state index in [2.05, 4.69) is 51.7 Å². The van der Waals surface area contributed by atoms with Gasteiger partial charge in [-0.05, 0) is 31.9 Å². The van der Waals surface area contributed by atoms with E-state index in [-0.39, 0.29) is 0 Å². The summed E-state index contributed by atoms with van der Waals surface area (Å²) >= 11 is 0. The van der Waals surface area contributed by atoms with Crippen LogP contribution in [0.1, 0.15) is 27.7 Å². The van der Waals surface area contributed by atoms with Crippen LogP contribution in [0.2, 0.25) is 0 Å². The highest BCUT2D eigenvalue weighted by atomic mass is 14.9. The van der Waals surface area contributed by atoms with Crippen molar-refractivity contribution in [3.05, 3.63) is 36.1 Å². The average molecular weight is 179 g/mol. The lowest BCUT2D eigenvalue weighted by Gasteiger charge is -2.08. The zero-order valence-corrected chi connectivity index (χ0v) is 9.22. The molecular formula is C12H21N. The quantitative estimate of drug-likeness (QED) is 0.639. The van der Waals surface area contributed by atoms with Crippen LogP contribution >= 0.6 is 0 Å². The van der Waals surface area contributed by atoms with E-state index < -0.39 is 0 Å². The minimum atomic E-state index is 0.662. The fourth-order valence-electron chi connectivity index (χ4n) is 0.778. The molecule has 0 fully saturated rings. The SMILES string of the molecule is C=C/C(=C\C=C(C)C)NCC(C)C. The van der Waals surface area contributed by atoms with Gasteiger partial charge in [-0.25, -0.2) is 0 Å². The molecule has 0 aromatic rings. The summed E-state index contributed by atoms with van der Waals surface area (Å²) in [5.41, 5.74) is 2.39. The van der Waals surface area contributed by atoms with E-state index in [0.717, 1.165) is 12.2 Å². The Labute approximate surface area is 82.2 Å². The standard InChI is InChI=1S/C12H21N/c1-6-12(8-7-10(2)3)13-9-11(4)5/h6-8,11,13H,1,9H2,2-5H3/b12-8+. The van der Waals surface area contributed by atoms with Crippen LogP contribution < -0.4 is 5.32 Å². The van der Waals surface area contributed by atoms with Gasteiger partial charge in [0.2, 0.25) is 0 Å². The molecule has 0 aliphatic heterocycles. The third kappa shape index (κ3) is 7.38. The highest BCUT2D eigenvalue weighted by molar-refractivity contribution is 5.22. The zero-order valence-electron chi connectivity index (χ0n) is 9.22. The van der Waals surface area contributed by atoms with Crippen molar-refractivity contribution in [3.8, 4) is 0 Å². The van der Waals surface area contributed by atoms with E-state index in [0.29, 0.717) is 5.92 Å². The maximum Gasteiger partial charge on any atom is 0.0334 e. The lowest BCUT2D eigenvalue weighted by atomic mass is 10.2. The van der Waals surface area contributed by atoms with Crippen LogP contribution in [0, 0.1) is 5.92 Å². The Morgan fingerprint density at radius 2 is 1.92 bits per heavy atom. The Morgan fingerprint density at radius 1 is 1.31 bits per heavy atom. The average Bonchev–Trinajstić information content (AvgIpc) is 2.04. The minimum Gasteiger partial charge on any atom is -0.385 e. The Morgan fingerprint density at radius 3 is 2.31 bits per heavy atom. The van der Waals surface area contributed by atoms with Crippen molar-refractivity contribution in [2.45, 2.75) is 27.7 Å². The smallest absolute Gasteiger partial charge is 0.0334 e. The molecule has 0 spiro atoms. The minimum absolute atomic E-state index is 0.662. The van der Waals surface area contributed by atoms with Crippen molar-refractivity contribution in [1.82, 2.24) is 5.32 Å². The molecule has 0 atom stereocenters. The molecule has 0 aliphatic carbocycles. The maximum atomic E-state index is 3.76. The van der Waals surface area contributed by atoms with Gasteiger partial charge in [0, 0.05) is 12.2 Å². The molecule has 0 amide bonds. The summed E-state index contributed by atoms with van der Waals surface area (Å²) in [6.45, 7) is 13.3. The monoisotopic (exact) mass is 179 g/mol. The Balaban J connectivity index is 4.10. The molecule has 0 aliphatic rings. The van der Waals surface area contributed by atoms with Gasteiger partial charge in [0.15, 0.2) is 0 Å². The first-order valence-electron chi connectivity index (χ1n) is 4.77. The topological polar surface area (TPSA) is 12.0 Å². The van der Waals surface area contributed by atoms with Crippen molar-refractivity contribution >= 4 is 0 Å². The molecule has 1 N–H and O–H groups in total. The van der Waals surface area contributed by atoms with Gasteiger partial charge < -0.3 is 5.32 Å². The largest absolute Gasteiger partial charge is 0.385 e. The van der Waals surface area contributed by atoms with Gasteiger partial charge in [-0.15, -0.1) is 0 Å². The molecule has 74 valence electrons. The van der Waals surface area contributed by atoms with Gasteiger partial charge in [-0.3, -0.25) is 0 Å². The van der Waals surface area contributed by atoms with Crippen LogP contribution in [-0.4, -0.2) is 6.54 Å². The Bertz CT molecular complexity index is 205. The van der Waals surface area contributed by atoms with Crippen LogP contribution in [-0.2, 0) is 0 Å². The Kier molecular flexibility index (Phi) is 6.03. The first kappa shape index (κ1) is 12.0. The predicted molar refractivity (Wildman–Crippen MR) is 60.6 cm³/mol. The molecule has 0 bridgehead atoms. The zero-order chi connectivity index (χ0) is 10.3. The van der Waals surface area contributed by atoms with Crippen molar-refractivity contribution in [2.24, 2.45) is 5.92 Å². The second kappa shape index (κ2) is 6.53. The van der Waals surface area contributed by atoms with Gasteiger partial charge in [0.25, 0.3) is 0 Å². The fraction of sp³-hybridized carbons (Fsp3) is 0.500. The van der Waals surface area contributed by atoms with Gasteiger partial charge >= 0.3 is 0 Å². The summed E-state index contributed by atoms with van der Waals surface area (Å²) in [4.78, 5) is 0. The van der Waals surface area contributed by atoms with Gasteiger partial charge in [-0.1, -0.05) is 32.1 Å². The highest BCUT2D eigenvalue weighted by Gasteiger charge is 1.92. The molecule has 0 saturated carbocycles. The van der Waals surface area contributed by atoms with Gasteiger partial charge in [-0.2, -0.15) is 0 Å². The molecule has 1 heteroatoms. The number of nitrogens with one attached hydrogen (secondary N) is 1. The molecule has 0 aromatic heterocycles. The summed E-state index contributed by atoms with van der Waals surface area (Å²) < 4.78 is 0. The predicted octanol–water partition coefficient (Wildman–Crippen LogP) is 3.27. The van der Waals surface area contributed by atoms with Crippen molar-refractivity contribution in [2.75, 3.05) is 6.54 Å². The summed E-state index contributed by atoms with van der Waals surface area (Å²) in [5, 5.41) is 3.32. The lowest BCUT2D eigenvalue weighted by molar-refractivity contribution is 0.602. The summed E-state index contributed by atoms with van der Waals surface area (Å²) in [5.74, 6) is 0.662. The van der Waals surface area contributed by atoms with Gasteiger partial charge in [0.05, 0.1) is 0 Å². The third-order valence-electron chi connectivity index (χ3n) is 1.53. The van der Waals surface area contributed by atoms with Crippen LogP contribution in [0.5, 0.6) is 0 Å². The number of allylic oxidation sites excluding steroid dienone is 4. The molecule has 13 heavy (non-hydrogen) atoms. The van der Waals surface area contributed by atoms with Crippen LogP contribution in [0.3, 0.4) is 0 Å². The second-order valence-electron chi connectivity index (χ2n) is 3.84. The third-order valence-corrected chi connectivity index (χ3v) is 1.53. The van der Waals surface area contributed by atoms with E-state index >= 15 is 0 Å². The van der Waals surface area contributed by atoms with E-state index in [1.807, 2.05) is 6.08 Å². The van der Waals surface area contributed by atoms with Crippen molar-refractivity contribution < 1.29 is 0 Å². The summed E-state index contributed by atoms with van der Waals surface area (Å²) in [6, 6.07) is 0. The maximum absolute atomic E-state index is 3.76. The number of hydrogen-bond donors (Lipinski definition) is 1. The van der Waals surface area contributed by atoms with Crippen LogP contribution in [0.25, 0.3) is 0 Å². The van der Waals surface area contributed by atoms with Crippen LogP contribution in [0.15, 0.2) is 36.1 Å². The lowest BCUT2D eigenvalue weighted by Crippen LogP contribution is -2.17. The molecule has 0 unspecified atom stereocenters. The molecule has 0 rings (SSSR count).